The van der Waals surface area contributed by atoms with Crippen molar-refractivity contribution in [2.24, 2.45) is 0 Å². The first kappa shape index (κ1) is 48.0. The Bertz CT molecular complexity index is 812. The van der Waals surface area contributed by atoms with Crippen molar-refractivity contribution in [3.8, 4) is 0 Å². The summed E-state index contributed by atoms with van der Waals surface area (Å²) in [6.45, 7) is 3.75. The van der Waals surface area contributed by atoms with Crippen LogP contribution in [-0.2, 0) is 14.3 Å². The molecule has 1 fully saturated rings. The molecular weight excluding hydrogens is 646 g/mol. The number of carbonyl (C=O) groups excluding carboxylic acids is 1. The zero-order valence-electron chi connectivity index (χ0n) is 32.9. The normalized spacial score (nSPS) is 22.1. The van der Waals surface area contributed by atoms with Crippen molar-refractivity contribution in [3.63, 3.8) is 0 Å². The van der Waals surface area contributed by atoms with Crippen molar-refractivity contribution in [3.05, 3.63) is 12.2 Å². The zero-order chi connectivity index (χ0) is 37.4. The highest BCUT2D eigenvalue weighted by molar-refractivity contribution is 5.76. The predicted octanol–water partition coefficient (Wildman–Crippen LogP) is 8.17. The quantitative estimate of drug-likeness (QED) is 0.0283. The predicted molar refractivity (Wildman–Crippen MR) is 207 cm³/mol. The van der Waals surface area contributed by atoms with Gasteiger partial charge in [0.2, 0.25) is 5.91 Å². The molecule has 0 radical (unpaired) electrons. The number of carbonyl (C=O) groups is 1. The Labute approximate surface area is 312 Å². The van der Waals surface area contributed by atoms with Crippen molar-refractivity contribution < 1.29 is 39.8 Å². The first-order valence-electron chi connectivity index (χ1n) is 21.4. The minimum Gasteiger partial charge on any atom is -0.394 e. The maximum Gasteiger partial charge on any atom is 0.220 e. The van der Waals surface area contributed by atoms with Crippen LogP contribution in [0.2, 0.25) is 0 Å². The molecule has 0 aromatic heterocycles. The Morgan fingerprint density at radius 2 is 1.08 bits per heavy atom. The van der Waals surface area contributed by atoms with E-state index in [4.69, 9.17) is 9.47 Å². The summed E-state index contributed by atoms with van der Waals surface area (Å²) in [6, 6.07) is -0.796. The molecule has 1 rings (SSSR count). The third-order valence-corrected chi connectivity index (χ3v) is 10.4. The Morgan fingerprint density at radius 1 is 0.647 bits per heavy atom. The fourth-order valence-electron chi connectivity index (χ4n) is 6.86. The van der Waals surface area contributed by atoms with E-state index in [2.05, 4.69) is 19.2 Å². The molecule has 302 valence electrons. The number of amides is 1. The van der Waals surface area contributed by atoms with E-state index < -0.39 is 49.5 Å². The maximum absolute atomic E-state index is 12.9. The highest BCUT2D eigenvalue weighted by atomic mass is 16.7. The molecule has 1 amide bonds. The number of hydrogen-bond donors (Lipinski definition) is 6. The van der Waals surface area contributed by atoms with Crippen LogP contribution in [0.1, 0.15) is 194 Å². The molecule has 9 heteroatoms. The van der Waals surface area contributed by atoms with E-state index in [0.29, 0.717) is 6.42 Å². The third kappa shape index (κ3) is 24.8. The molecule has 7 atom stereocenters. The molecule has 1 saturated heterocycles. The van der Waals surface area contributed by atoms with E-state index in [1.807, 2.05) is 6.08 Å². The highest BCUT2D eigenvalue weighted by Gasteiger charge is 2.44. The van der Waals surface area contributed by atoms with Crippen LogP contribution in [0, 0.1) is 0 Å². The van der Waals surface area contributed by atoms with Gasteiger partial charge in [-0.1, -0.05) is 180 Å². The summed E-state index contributed by atoms with van der Waals surface area (Å²) < 4.78 is 11.2. The summed E-state index contributed by atoms with van der Waals surface area (Å²) in [5.74, 6) is -0.176. The average Bonchev–Trinajstić information content (AvgIpc) is 3.13. The molecule has 0 aromatic carbocycles. The fraction of sp³-hybridized carbons (Fsp3) is 0.929. The molecule has 0 saturated carbocycles. The second-order valence-electron chi connectivity index (χ2n) is 15.1. The van der Waals surface area contributed by atoms with Gasteiger partial charge in [0.25, 0.3) is 0 Å². The number of hydrogen-bond acceptors (Lipinski definition) is 8. The summed E-state index contributed by atoms with van der Waals surface area (Å²) in [7, 11) is 0. The SMILES string of the molecule is CCCCCCCCCC/C=C/[C@@H](O)[C@H](CO[C@@H]1O[C@H](CO)[C@H](O)C(O)C1O)NC(=O)CCCCCCCCCCCCCCCCCCCC. The summed E-state index contributed by atoms with van der Waals surface area (Å²) in [5.41, 5.74) is 0. The number of unbranched alkanes of at least 4 members (excludes halogenated alkanes) is 25. The molecule has 6 N–H and O–H groups in total. The van der Waals surface area contributed by atoms with Crippen molar-refractivity contribution in [1.82, 2.24) is 5.32 Å². The fourth-order valence-corrected chi connectivity index (χ4v) is 6.86. The van der Waals surface area contributed by atoms with Gasteiger partial charge in [-0.15, -0.1) is 0 Å². The molecule has 0 spiro atoms. The molecule has 1 aliphatic heterocycles. The molecular formula is C42H81NO8. The smallest absolute Gasteiger partial charge is 0.220 e. The summed E-state index contributed by atoms with van der Waals surface area (Å²) >= 11 is 0. The van der Waals surface area contributed by atoms with Crippen LogP contribution in [0.15, 0.2) is 12.2 Å². The summed E-state index contributed by atoms with van der Waals surface area (Å²) in [6.07, 6.45) is 29.7. The van der Waals surface area contributed by atoms with Gasteiger partial charge in [0.05, 0.1) is 25.4 Å². The number of ether oxygens (including phenoxy) is 2. The number of rotatable bonds is 35. The van der Waals surface area contributed by atoms with Crippen LogP contribution in [0.3, 0.4) is 0 Å². The van der Waals surface area contributed by atoms with Crippen LogP contribution in [0.5, 0.6) is 0 Å². The van der Waals surface area contributed by atoms with Crippen LogP contribution in [-0.4, -0.2) is 87.5 Å². The Kier molecular flexibility index (Phi) is 31.5. The molecule has 0 aromatic rings. The number of nitrogens with one attached hydrogen (secondary N) is 1. The highest BCUT2D eigenvalue weighted by Crippen LogP contribution is 2.22. The van der Waals surface area contributed by atoms with Gasteiger partial charge in [-0.25, -0.2) is 0 Å². The molecule has 0 aliphatic carbocycles. The van der Waals surface area contributed by atoms with Gasteiger partial charge in [0.15, 0.2) is 6.29 Å². The van der Waals surface area contributed by atoms with E-state index in [1.54, 1.807) is 6.08 Å². The molecule has 1 aliphatic rings. The monoisotopic (exact) mass is 728 g/mol. The molecule has 0 bridgehead atoms. The largest absolute Gasteiger partial charge is 0.394 e. The lowest BCUT2D eigenvalue weighted by atomic mass is 9.99. The molecule has 2 unspecified atom stereocenters. The van der Waals surface area contributed by atoms with Crippen molar-refractivity contribution >= 4 is 5.91 Å². The summed E-state index contributed by atoms with van der Waals surface area (Å²) in [5, 5.41) is 53.9. The lowest BCUT2D eigenvalue weighted by Gasteiger charge is -2.40. The van der Waals surface area contributed by atoms with Gasteiger partial charge in [-0.3, -0.25) is 4.79 Å². The first-order valence-corrected chi connectivity index (χ1v) is 21.4. The second kappa shape index (κ2) is 33.5. The number of aliphatic hydroxyl groups excluding tert-OH is 5. The van der Waals surface area contributed by atoms with E-state index in [1.165, 1.54) is 135 Å². The Hall–Kier alpha value is -1.07. The second-order valence-corrected chi connectivity index (χ2v) is 15.1. The van der Waals surface area contributed by atoms with Gasteiger partial charge >= 0.3 is 0 Å². The minimum absolute atomic E-state index is 0.176. The van der Waals surface area contributed by atoms with E-state index in [0.717, 1.165) is 38.5 Å². The Morgan fingerprint density at radius 3 is 1.53 bits per heavy atom. The molecule has 51 heavy (non-hydrogen) atoms. The molecule has 9 nitrogen and oxygen atoms in total. The van der Waals surface area contributed by atoms with Gasteiger partial charge in [0.1, 0.15) is 24.4 Å². The van der Waals surface area contributed by atoms with Crippen molar-refractivity contribution in [1.29, 1.82) is 0 Å². The summed E-state index contributed by atoms with van der Waals surface area (Å²) in [4.78, 5) is 12.9. The van der Waals surface area contributed by atoms with Gasteiger partial charge < -0.3 is 40.3 Å². The van der Waals surface area contributed by atoms with Crippen LogP contribution in [0.25, 0.3) is 0 Å². The Balaban J connectivity index is 2.33. The van der Waals surface area contributed by atoms with Crippen LogP contribution < -0.4 is 5.32 Å². The van der Waals surface area contributed by atoms with Crippen molar-refractivity contribution in [2.45, 2.75) is 236 Å². The topological polar surface area (TPSA) is 149 Å². The zero-order valence-corrected chi connectivity index (χ0v) is 32.9. The lowest BCUT2D eigenvalue weighted by molar-refractivity contribution is -0.302. The van der Waals surface area contributed by atoms with Gasteiger partial charge in [-0.05, 0) is 19.3 Å². The maximum atomic E-state index is 12.9. The standard InChI is InChI=1S/C42H81NO8/c1-3-5-7-9-11-13-15-16-17-18-19-20-21-22-24-26-28-30-32-38(46)43-35(34-50-42-41(49)40(48)39(47)37(33-44)51-42)36(45)31-29-27-25-23-14-12-10-8-6-4-2/h29,31,35-37,39-42,44-45,47-49H,3-28,30,32-34H2,1-2H3,(H,43,46)/b31-29+/t35-,36+,37+,39-,40?,41?,42+/m0/s1. The average molecular weight is 728 g/mol. The third-order valence-electron chi connectivity index (χ3n) is 10.4. The van der Waals surface area contributed by atoms with Gasteiger partial charge in [0, 0.05) is 6.42 Å². The number of aliphatic hydroxyl groups is 5. The number of allylic oxidation sites excluding steroid dienone is 1. The van der Waals surface area contributed by atoms with E-state index in [9.17, 15) is 30.3 Å². The lowest BCUT2D eigenvalue weighted by Crippen LogP contribution is -2.60. The van der Waals surface area contributed by atoms with Crippen LogP contribution >= 0.6 is 0 Å². The van der Waals surface area contributed by atoms with E-state index >= 15 is 0 Å². The molecule has 1 heterocycles. The minimum atomic E-state index is -1.56. The first-order chi connectivity index (χ1) is 24.8. The van der Waals surface area contributed by atoms with Crippen LogP contribution in [0.4, 0.5) is 0 Å². The van der Waals surface area contributed by atoms with Gasteiger partial charge in [-0.2, -0.15) is 0 Å². The van der Waals surface area contributed by atoms with E-state index in [-0.39, 0.29) is 12.5 Å². The van der Waals surface area contributed by atoms with Crippen molar-refractivity contribution in [2.75, 3.05) is 13.2 Å².